The number of carbonyl (C=O) groups is 1. The van der Waals surface area contributed by atoms with Crippen molar-refractivity contribution in [3.05, 3.63) is 0 Å². The second kappa shape index (κ2) is 3.51. The molecule has 4 atom stereocenters. The lowest BCUT2D eigenvalue weighted by Gasteiger charge is -2.34. The molecule has 2 rings (SSSR count). The van der Waals surface area contributed by atoms with E-state index in [0.717, 1.165) is 19.3 Å². The maximum atomic E-state index is 10.9. The van der Waals surface area contributed by atoms with E-state index in [1.807, 2.05) is 7.05 Å². The molecule has 0 aromatic carbocycles. The first-order chi connectivity index (χ1) is 6.58. The molecule has 0 amide bonds. The monoisotopic (exact) mass is 199 g/mol. The highest BCUT2D eigenvalue weighted by molar-refractivity contribution is 5.66. The molecule has 1 N–H and O–H groups in total. The first kappa shape index (κ1) is 9.93. The molecule has 4 heteroatoms. The van der Waals surface area contributed by atoms with Crippen LogP contribution in [0.5, 0.6) is 0 Å². The highest BCUT2D eigenvalue weighted by Gasteiger charge is 2.45. The van der Waals surface area contributed by atoms with Gasteiger partial charge < -0.3 is 9.84 Å². The summed E-state index contributed by atoms with van der Waals surface area (Å²) in [6.45, 7) is 1.44. The molecule has 0 spiro atoms. The van der Waals surface area contributed by atoms with Gasteiger partial charge in [-0.05, 0) is 19.9 Å². The molecule has 80 valence electrons. The van der Waals surface area contributed by atoms with Crippen molar-refractivity contribution in [1.29, 1.82) is 0 Å². The van der Waals surface area contributed by atoms with E-state index in [1.165, 1.54) is 6.92 Å². The van der Waals surface area contributed by atoms with Gasteiger partial charge in [0.25, 0.3) is 0 Å². The van der Waals surface area contributed by atoms with Gasteiger partial charge in [-0.1, -0.05) is 0 Å². The standard InChI is InChI=1S/C10H17NO3/c1-6(12)14-10-4-7-3-8(13)5-9(10)11(7)2/h7-10,13H,3-5H2,1-2H3/t7-,8-,9+,10-/m0/s1. The van der Waals surface area contributed by atoms with Crippen LogP contribution in [0.4, 0.5) is 0 Å². The van der Waals surface area contributed by atoms with Crippen molar-refractivity contribution in [3.63, 3.8) is 0 Å². The van der Waals surface area contributed by atoms with E-state index in [-0.39, 0.29) is 24.2 Å². The summed E-state index contributed by atoms with van der Waals surface area (Å²) in [6, 6.07) is 0.598. The molecule has 2 aliphatic rings. The van der Waals surface area contributed by atoms with Crippen molar-refractivity contribution in [2.45, 2.75) is 50.5 Å². The second-order valence-corrected chi connectivity index (χ2v) is 4.40. The molecule has 0 unspecified atom stereocenters. The zero-order chi connectivity index (χ0) is 10.3. The van der Waals surface area contributed by atoms with Crippen LogP contribution >= 0.6 is 0 Å². The SMILES string of the molecule is CC(=O)O[C@H]1C[C@@H]2C[C@H](O)C[C@H]1N2C. The van der Waals surface area contributed by atoms with E-state index in [2.05, 4.69) is 4.90 Å². The Balaban J connectivity index is 2.05. The Labute approximate surface area is 83.8 Å². The van der Waals surface area contributed by atoms with Gasteiger partial charge in [0.2, 0.25) is 0 Å². The molecular weight excluding hydrogens is 182 g/mol. The van der Waals surface area contributed by atoms with Crippen molar-refractivity contribution >= 4 is 5.97 Å². The summed E-state index contributed by atoms with van der Waals surface area (Å²) in [7, 11) is 2.05. The molecule has 2 fully saturated rings. The lowest BCUT2D eigenvalue weighted by Crippen LogP contribution is -2.44. The Hall–Kier alpha value is -0.610. The van der Waals surface area contributed by atoms with Crippen molar-refractivity contribution in [2.24, 2.45) is 0 Å². The fraction of sp³-hybridized carbons (Fsp3) is 0.900. The fourth-order valence-corrected chi connectivity index (χ4v) is 2.73. The molecule has 0 saturated carbocycles. The molecule has 2 heterocycles. The van der Waals surface area contributed by atoms with E-state index in [1.54, 1.807) is 0 Å². The van der Waals surface area contributed by atoms with Gasteiger partial charge in [-0.3, -0.25) is 9.69 Å². The number of nitrogens with zero attached hydrogens (tertiary/aromatic N) is 1. The number of aliphatic hydroxyl groups excluding tert-OH is 1. The van der Waals surface area contributed by atoms with Gasteiger partial charge in [0.15, 0.2) is 0 Å². The zero-order valence-electron chi connectivity index (χ0n) is 8.64. The summed E-state index contributed by atoms with van der Waals surface area (Å²) in [6.07, 6.45) is 2.18. The molecule has 2 bridgehead atoms. The van der Waals surface area contributed by atoms with Crippen LogP contribution in [0.1, 0.15) is 26.2 Å². The quantitative estimate of drug-likeness (QED) is 0.610. The fourth-order valence-electron chi connectivity index (χ4n) is 2.73. The molecule has 0 radical (unpaired) electrons. The molecule has 2 saturated heterocycles. The predicted octanol–water partition coefficient (Wildman–Crippen LogP) is 0.145. The van der Waals surface area contributed by atoms with Gasteiger partial charge in [-0.2, -0.15) is 0 Å². The van der Waals surface area contributed by atoms with Crippen LogP contribution in [-0.2, 0) is 9.53 Å². The third-order valence-electron chi connectivity index (χ3n) is 3.41. The summed E-state index contributed by atoms with van der Waals surface area (Å²) in [5.41, 5.74) is 0. The van der Waals surface area contributed by atoms with Crippen molar-refractivity contribution in [3.8, 4) is 0 Å². The average Bonchev–Trinajstić information content (AvgIpc) is 2.30. The molecule has 0 aromatic rings. The number of rotatable bonds is 1. The average molecular weight is 199 g/mol. The number of esters is 1. The number of fused-ring (bicyclic) bond motifs is 2. The molecule has 2 aliphatic heterocycles. The van der Waals surface area contributed by atoms with Gasteiger partial charge >= 0.3 is 5.97 Å². The topological polar surface area (TPSA) is 49.8 Å². The normalized spacial score (nSPS) is 42.5. The summed E-state index contributed by atoms with van der Waals surface area (Å²) < 4.78 is 5.25. The van der Waals surface area contributed by atoms with Crippen LogP contribution in [0, 0.1) is 0 Å². The minimum atomic E-state index is -0.221. The number of carbonyl (C=O) groups excluding carboxylic acids is 1. The van der Waals surface area contributed by atoms with Crippen LogP contribution < -0.4 is 0 Å². The lowest BCUT2D eigenvalue weighted by atomic mass is 10.0. The predicted molar refractivity (Wildman–Crippen MR) is 50.8 cm³/mol. The number of likely N-dealkylation sites (N-methyl/N-ethyl adjacent to an activating group) is 1. The van der Waals surface area contributed by atoms with Gasteiger partial charge in [0.05, 0.1) is 6.10 Å². The van der Waals surface area contributed by atoms with Crippen molar-refractivity contribution in [2.75, 3.05) is 7.05 Å². The molecule has 4 nitrogen and oxygen atoms in total. The van der Waals surface area contributed by atoms with Crippen LogP contribution in [0.25, 0.3) is 0 Å². The number of hydrogen-bond donors (Lipinski definition) is 1. The number of piperidine rings is 1. The Morgan fingerprint density at radius 1 is 1.43 bits per heavy atom. The van der Waals surface area contributed by atoms with Crippen LogP contribution in [0.3, 0.4) is 0 Å². The zero-order valence-corrected chi connectivity index (χ0v) is 8.64. The molecular formula is C10H17NO3. The number of aliphatic hydroxyl groups is 1. The van der Waals surface area contributed by atoms with Crippen molar-refractivity contribution < 1.29 is 14.6 Å². The Morgan fingerprint density at radius 3 is 2.79 bits per heavy atom. The van der Waals surface area contributed by atoms with E-state index in [9.17, 15) is 9.90 Å². The second-order valence-electron chi connectivity index (χ2n) is 4.40. The number of hydrogen-bond acceptors (Lipinski definition) is 4. The summed E-state index contributed by atoms with van der Waals surface area (Å²) in [4.78, 5) is 13.1. The van der Waals surface area contributed by atoms with Crippen LogP contribution in [0.2, 0.25) is 0 Å². The van der Waals surface area contributed by atoms with E-state index in [4.69, 9.17) is 4.74 Å². The highest BCUT2D eigenvalue weighted by Crippen LogP contribution is 2.36. The van der Waals surface area contributed by atoms with E-state index >= 15 is 0 Å². The van der Waals surface area contributed by atoms with Gasteiger partial charge in [0, 0.05) is 25.4 Å². The molecule has 0 aliphatic carbocycles. The highest BCUT2D eigenvalue weighted by atomic mass is 16.5. The molecule has 0 aromatic heterocycles. The first-order valence-corrected chi connectivity index (χ1v) is 5.15. The lowest BCUT2D eigenvalue weighted by molar-refractivity contribution is -0.147. The minimum absolute atomic E-state index is 0.0142. The maximum Gasteiger partial charge on any atom is 0.302 e. The van der Waals surface area contributed by atoms with Crippen molar-refractivity contribution in [1.82, 2.24) is 4.90 Å². The Bertz CT molecular complexity index is 244. The Kier molecular flexibility index (Phi) is 2.49. The third kappa shape index (κ3) is 1.64. The maximum absolute atomic E-state index is 10.9. The van der Waals surface area contributed by atoms with Gasteiger partial charge in [-0.25, -0.2) is 0 Å². The van der Waals surface area contributed by atoms with Gasteiger partial charge in [0.1, 0.15) is 6.10 Å². The van der Waals surface area contributed by atoms with E-state index < -0.39 is 0 Å². The Morgan fingerprint density at radius 2 is 2.14 bits per heavy atom. The minimum Gasteiger partial charge on any atom is -0.461 e. The molecule has 14 heavy (non-hydrogen) atoms. The summed E-state index contributed by atoms with van der Waals surface area (Å²) >= 11 is 0. The van der Waals surface area contributed by atoms with Crippen LogP contribution in [0.15, 0.2) is 0 Å². The number of ether oxygens (including phenoxy) is 1. The largest absolute Gasteiger partial charge is 0.461 e. The van der Waals surface area contributed by atoms with Gasteiger partial charge in [-0.15, -0.1) is 0 Å². The summed E-state index contributed by atoms with van der Waals surface area (Å²) in [5, 5.41) is 9.59. The van der Waals surface area contributed by atoms with Crippen LogP contribution in [-0.4, -0.2) is 47.3 Å². The summed E-state index contributed by atoms with van der Waals surface area (Å²) in [5.74, 6) is -0.217. The third-order valence-corrected chi connectivity index (χ3v) is 3.41. The smallest absolute Gasteiger partial charge is 0.302 e. The van der Waals surface area contributed by atoms with E-state index in [0.29, 0.717) is 6.04 Å². The first-order valence-electron chi connectivity index (χ1n) is 5.15.